The van der Waals surface area contributed by atoms with Crippen molar-refractivity contribution in [3.8, 4) is 51.2 Å². The van der Waals surface area contributed by atoms with Crippen LogP contribution in [-0.4, -0.2) is 28.7 Å². The molecular formula is C48H28F8N6. The Labute approximate surface area is 346 Å². The standard InChI is InChI=1S/C48H28F8N6/c49-43(50)28-10-7-13-34(25-28)60-40-19-4-1-16-37(40)57-44(60)29-22-30(45-58-38-17-2-5-20-41(38)61(45)35-14-8-11-32(26-35)47(51,52)53)24-31(23-29)46-59-39-18-3-6-21-42(39)62(46)36-15-9-12-33(27-36)48(54,55)56/h1-27,43H. The third-order valence-corrected chi connectivity index (χ3v) is 10.6. The number of hydrogen-bond acceptors (Lipinski definition) is 3. The Hall–Kier alpha value is -7.61. The molecule has 10 aromatic rings. The fourth-order valence-electron chi connectivity index (χ4n) is 7.90. The van der Waals surface area contributed by atoms with Gasteiger partial charge in [-0.25, -0.2) is 23.7 Å². The summed E-state index contributed by atoms with van der Waals surface area (Å²) in [5, 5.41) is 0. The molecule has 6 nitrogen and oxygen atoms in total. The summed E-state index contributed by atoms with van der Waals surface area (Å²) >= 11 is 0. The van der Waals surface area contributed by atoms with E-state index in [4.69, 9.17) is 15.0 Å². The van der Waals surface area contributed by atoms with Gasteiger partial charge >= 0.3 is 12.4 Å². The Balaban J connectivity index is 1.30. The fourth-order valence-corrected chi connectivity index (χ4v) is 7.90. The van der Waals surface area contributed by atoms with E-state index in [-0.39, 0.29) is 28.6 Å². The zero-order valence-corrected chi connectivity index (χ0v) is 31.9. The summed E-state index contributed by atoms with van der Waals surface area (Å²) in [6.07, 6.45) is -12.1. The van der Waals surface area contributed by atoms with Crippen LogP contribution in [0.2, 0.25) is 0 Å². The van der Waals surface area contributed by atoms with Crippen LogP contribution in [-0.2, 0) is 12.4 Å². The summed E-state index contributed by atoms with van der Waals surface area (Å²) in [4.78, 5) is 14.9. The van der Waals surface area contributed by atoms with Crippen molar-refractivity contribution in [1.82, 2.24) is 28.7 Å². The van der Waals surface area contributed by atoms with E-state index in [2.05, 4.69) is 0 Å². The van der Waals surface area contributed by atoms with Gasteiger partial charge in [0.1, 0.15) is 17.5 Å². The van der Waals surface area contributed by atoms with Gasteiger partial charge in [-0.1, -0.05) is 60.7 Å². The molecule has 0 N–H and O–H groups in total. The highest BCUT2D eigenvalue weighted by atomic mass is 19.4. The predicted octanol–water partition coefficient (Wildman–Crippen LogP) is 13.7. The highest BCUT2D eigenvalue weighted by Gasteiger charge is 2.32. The number of para-hydroxylation sites is 6. The molecule has 0 saturated carbocycles. The van der Waals surface area contributed by atoms with Gasteiger partial charge in [-0.05, 0) is 103 Å². The zero-order valence-electron chi connectivity index (χ0n) is 31.9. The smallest absolute Gasteiger partial charge is 0.292 e. The van der Waals surface area contributed by atoms with Crippen LogP contribution in [0.4, 0.5) is 35.1 Å². The fraction of sp³-hybridized carbons (Fsp3) is 0.0625. The first-order valence-corrected chi connectivity index (χ1v) is 19.1. The van der Waals surface area contributed by atoms with E-state index in [9.17, 15) is 35.1 Å². The summed E-state index contributed by atoms with van der Waals surface area (Å²) in [6, 6.07) is 41.9. The van der Waals surface area contributed by atoms with Crippen molar-refractivity contribution in [1.29, 1.82) is 0 Å². The molecule has 0 aliphatic rings. The second-order valence-corrected chi connectivity index (χ2v) is 14.6. The molecule has 0 amide bonds. The zero-order chi connectivity index (χ0) is 42.9. The van der Waals surface area contributed by atoms with Crippen molar-refractivity contribution < 1.29 is 35.1 Å². The van der Waals surface area contributed by atoms with Gasteiger partial charge in [0.05, 0.1) is 44.2 Å². The van der Waals surface area contributed by atoms with Crippen LogP contribution in [0.5, 0.6) is 0 Å². The first-order valence-electron chi connectivity index (χ1n) is 19.1. The maximum Gasteiger partial charge on any atom is 0.416 e. The Bertz CT molecular complexity index is 3180. The van der Waals surface area contributed by atoms with Crippen molar-refractivity contribution in [2.75, 3.05) is 0 Å². The van der Waals surface area contributed by atoms with E-state index in [1.165, 1.54) is 30.3 Å². The van der Waals surface area contributed by atoms with Crippen LogP contribution < -0.4 is 0 Å². The lowest BCUT2D eigenvalue weighted by Gasteiger charge is -2.17. The molecule has 0 radical (unpaired) electrons. The van der Waals surface area contributed by atoms with Gasteiger partial charge < -0.3 is 0 Å². The van der Waals surface area contributed by atoms with E-state index in [0.29, 0.717) is 61.3 Å². The summed E-state index contributed by atoms with van der Waals surface area (Å²) in [5.41, 5.74) is 3.01. The lowest BCUT2D eigenvalue weighted by atomic mass is 10.0. The van der Waals surface area contributed by atoms with Crippen LogP contribution in [0.1, 0.15) is 23.1 Å². The monoisotopic (exact) mass is 840 g/mol. The third-order valence-electron chi connectivity index (χ3n) is 10.6. The highest BCUT2D eigenvalue weighted by molar-refractivity contribution is 5.90. The molecule has 0 bridgehead atoms. The van der Waals surface area contributed by atoms with Crippen molar-refractivity contribution in [3.63, 3.8) is 0 Å². The highest BCUT2D eigenvalue weighted by Crippen LogP contribution is 2.40. The van der Waals surface area contributed by atoms with Gasteiger partial charge in [0.15, 0.2) is 0 Å². The van der Waals surface area contributed by atoms with E-state index >= 15 is 0 Å². The molecule has 0 aliphatic carbocycles. The molecule has 0 aliphatic heterocycles. The Morgan fingerprint density at radius 2 is 0.710 bits per heavy atom. The molecule has 14 heteroatoms. The van der Waals surface area contributed by atoms with Crippen LogP contribution in [0.25, 0.3) is 84.3 Å². The molecule has 7 aromatic carbocycles. The van der Waals surface area contributed by atoms with E-state index in [0.717, 1.165) is 24.3 Å². The number of fused-ring (bicyclic) bond motifs is 3. The SMILES string of the molecule is FC(F)c1cccc(-n2c(-c3cc(-c4nc5ccccc5n4-c4cccc(C(F)(F)F)c4)cc(-c4nc5ccccc5n4-c4cccc(C(F)(F)F)c4)c3)nc3ccccc32)c1. The number of aromatic nitrogens is 6. The number of rotatable bonds is 7. The number of imidazole rings is 3. The van der Waals surface area contributed by atoms with Gasteiger partial charge in [0.2, 0.25) is 0 Å². The van der Waals surface area contributed by atoms with Crippen LogP contribution >= 0.6 is 0 Å². The summed E-state index contributed by atoms with van der Waals surface area (Å²) in [7, 11) is 0. The van der Waals surface area contributed by atoms with E-state index in [1.54, 1.807) is 123 Å². The second kappa shape index (κ2) is 14.5. The maximum absolute atomic E-state index is 14.2. The van der Waals surface area contributed by atoms with Crippen molar-refractivity contribution in [2.24, 2.45) is 0 Å². The van der Waals surface area contributed by atoms with Gasteiger partial charge in [0.25, 0.3) is 6.43 Å². The average Bonchev–Trinajstić information content (AvgIpc) is 3.98. The normalized spacial score (nSPS) is 12.3. The first-order chi connectivity index (χ1) is 29.8. The topological polar surface area (TPSA) is 53.5 Å². The minimum Gasteiger partial charge on any atom is -0.292 e. The third kappa shape index (κ3) is 6.73. The minimum atomic E-state index is -4.65. The largest absolute Gasteiger partial charge is 0.416 e. The van der Waals surface area contributed by atoms with Gasteiger partial charge in [-0.2, -0.15) is 26.3 Å². The predicted molar refractivity (Wildman–Crippen MR) is 222 cm³/mol. The van der Waals surface area contributed by atoms with Gasteiger partial charge in [-0.15, -0.1) is 0 Å². The number of nitrogens with zero attached hydrogens (tertiary/aromatic N) is 6. The van der Waals surface area contributed by atoms with Crippen LogP contribution in [0, 0.1) is 0 Å². The first kappa shape index (κ1) is 38.6. The molecule has 3 aromatic heterocycles. The Kier molecular flexibility index (Phi) is 9.05. The number of alkyl halides is 8. The lowest BCUT2D eigenvalue weighted by Crippen LogP contribution is -2.07. The van der Waals surface area contributed by atoms with E-state index in [1.807, 2.05) is 0 Å². The second-order valence-electron chi connectivity index (χ2n) is 14.6. The Morgan fingerprint density at radius 1 is 0.371 bits per heavy atom. The van der Waals surface area contributed by atoms with Crippen LogP contribution in [0.3, 0.4) is 0 Å². The number of halogens is 8. The molecule has 0 fully saturated rings. The number of hydrogen-bond donors (Lipinski definition) is 0. The molecule has 10 rings (SSSR count). The Morgan fingerprint density at radius 3 is 1.06 bits per heavy atom. The number of benzene rings is 7. The molecular weight excluding hydrogens is 813 g/mol. The summed E-state index contributed by atoms with van der Waals surface area (Å²) in [5.74, 6) is 0.777. The van der Waals surface area contributed by atoms with Gasteiger partial charge in [-0.3, -0.25) is 13.7 Å². The quantitative estimate of drug-likeness (QED) is 0.150. The van der Waals surface area contributed by atoms with Crippen molar-refractivity contribution in [2.45, 2.75) is 18.8 Å². The molecule has 3 heterocycles. The van der Waals surface area contributed by atoms with Crippen molar-refractivity contribution >= 4 is 33.1 Å². The lowest BCUT2D eigenvalue weighted by molar-refractivity contribution is -0.138. The molecule has 0 saturated heterocycles. The van der Waals surface area contributed by atoms with Crippen LogP contribution in [0.15, 0.2) is 164 Å². The molecule has 0 spiro atoms. The molecule has 306 valence electrons. The van der Waals surface area contributed by atoms with E-state index < -0.39 is 29.9 Å². The average molecular weight is 841 g/mol. The minimum absolute atomic E-state index is 0.169. The summed E-state index contributed by atoms with van der Waals surface area (Å²) < 4.78 is 118. The maximum atomic E-state index is 14.2. The molecule has 0 atom stereocenters. The van der Waals surface area contributed by atoms with Crippen molar-refractivity contribution in [3.05, 3.63) is 180 Å². The summed E-state index contributed by atoms with van der Waals surface area (Å²) in [6.45, 7) is 0. The van der Waals surface area contributed by atoms with Gasteiger partial charge in [0, 0.05) is 39.3 Å². The molecule has 0 unspecified atom stereocenters. The molecule has 62 heavy (non-hydrogen) atoms.